The van der Waals surface area contributed by atoms with Crippen molar-refractivity contribution in [2.24, 2.45) is 0 Å². The molecule has 1 aromatic rings. The van der Waals surface area contributed by atoms with Crippen LogP contribution in [0.4, 0.5) is 0 Å². The smallest absolute Gasteiger partial charge is 0.0481 e. The molecule has 0 fully saturated rings. The maximum atomic E-state index is 6.09. The molecule has 0 radical (unpaired) electrons. The van der Waals surface area contributed by atoms with Crippen molar-refractivity contribution in [2.45, 2.75) is 6.42 Å². The Labute approximate surface area is 83.4 Å². The fraction of sp³-hybridized carbons (Fsp3) is 0.273. The van der Waals surface area contributed by atoms with E-state index in [9.17, 15) is 0 Å². The van der Waals surface area contributed by atoms with Gasteiger partial charge in [-0.2, -0.15) is 0 Å². The molecule has 0 spiro atoms. The fourth-order valence-electron chi connectivity index (χ4n) is 1.57. The molecule has 1 aromatic carbocycles. The van der Waals surface area contributed by atoms with Crippen LogP contribution in [0.3, 0.4) is 0 Å². The highest BCUT2D eigenvalue weighted by molar-refractivity contribution is 6.32. The van der Waals surface area contributed by atoms with Crippen LogP contribution in [-0.2, 0) is 0 Å². The Morgan fingerprint density at radius 1 is 1.23 bits per heavy atom. The SMILES string of the molecule is Clc1ccccc1C1=CCCNC1. The molecular formula is C11H12ClN. The molecule has 0 unspecified atom stereocenters. The Kier molecular flexibility index (Phi) is 2.67. The first-order valence-corrected chi connectivity index (χ1v) is 4.90. The summed E-state index contributed by atoms with van der Waals surface area (Å²) in [6.45, 7) is 2.01. The van der Waals surface area contributed by atoms with Gasteiger partial charge in [0, 0.05) is 11.6 Å². The summed E-state index contributed by atoms with van der Waals surface area (Å²) < 4.78 is 0. The molecule has 0 amide bonds. The van der Waals surface area contributed by atoms with Crippen LogP contribution in [-0.4, -0.2) is 13.1 Å². The van der Waals surface area contributed by atoms with E-state index in [0.29, 0.717) is 0 Å². The molecule has 0 saturated heterocycles. The van der Waals surface area contributed by atoms with Gasteiger partial charge in [-0.25, -0.2) is 0 Å². The van der Waals surface area contributed by atoms with Crippen molar-refractivity contribution < 1.29 is 0 Å². The molecule has 1 N–H and O–H groups in total. The lowest BCUT2D eigenvalue weighted by molar-refractivity contribution is 0.739. The fourth-order valence-corrected chi connectivity index (χ4v) is 1.83. The van der Waals surface area contributed by atoms with Crippen molar-refractivity contribution >= 4 is 17.2 Å². The van der Waals surface area contributed by atoms with Crippen molar-refractivity contribution in [1.29, 1.82) is 0 Å². The lowest BCUT2D eigenvalue weighted by Crippen LogP contribution is -2.21. The molecule has 1 heterocycles. The van der Waals surface area contributed by atoms with Gasteiger partial charge in [0.25, 0.3) is 0 Å². The first-order valence-electron chi connectivity index (χ1n) is 4.52. The predicted octanol–water partition coefficient (Wildman–Crippen LogP) is 2.72. The van der Waals surface area contributed by atoms with Crippen LogP contribution in [0.25, 0.3) is 5.57 Å². The molecule has 13 heavy (non-hydrogen) atoms. The van der Waals surface area contributed by atoms with E-state index in [0.717, 1.165) is 30.1 Å². The Bertz CT molecular complexity index is 331. The van der Waals surface area contributed by atoms with E-state index in [-0.39, 0.29) is 0 Å². The Morgan fingerprint density at radius 3 is 2.77 bits per heavy atom. The molecule has 1 aliphatic heterocycles. The van der Waals surface area contributed by atoms with E-state index in [1.807, 2.05) is 18.2 Å². The van der Waals surface area contributed by atoms with Gasteiger partial charge in [-0.05, 0) is 30.2 Å². The predicted molar refractivity (Wildman–Crippen MR) is 56.9 cm³/mol. The molecule has 2 rings (SSSR count). The lowest BCUT2D eigenvalue weighted by atomic mass is 10.0. The van der Waals surface area contributed by atoms with Gasteiger partial charge in [0.05, 0.1) is 0 Å². The standard InChI is InChI=1S/C11H12ClN/c12-11-6-2-1-5-10(11)9-4-3-7-13-8-9/h1-2,4-6,13H,3,7-8H2. The minimum absolute atomic E-state index is 0.845. The number of hydrogen-bond acceptors (Lipinski definition) is 1. The van der Waals surface area contributed by atoms with Crippen LogP contribution in [0.2, 0.25) is 5.02 Å². The van der Waals surface area contributed by atoms with Crippen LogP contribution >= 0.6 is 11.6 Å². The summed E-state index contributed by atoms with van der Waals surface area (Å²) >= 11 is 6.09. The number of hydrogen-bond donors (Lipinski definition) is 1. The zero-order chi connectivity index (χ0) is 9.10. The van der Waals surface area contributed by atoms with Gasteiger partial charge in [-0.3, -0.25) is 0 Å². The largest absolute Gasteiger partial charge is 0.312 e. The van der Waals surface area contributed by atoms with Gasteiger partial charge in [-0.1, -0.05) is 35.9 Å². The second kappa shape index (κ2) is 3.95. The van der Waals surface area contributed by atoms with Crippen molar-refractivity contribution in [3.63, 3.8) is 0 Å². The number of halogens is 1. The van der Waals surface area contributed by atoms with E-state index in [2.05, 4.69) is 17.5 Å². The first-order chi connectivity index (χ1) is 6.38. The Balaban J connectivity index is 2.34. The molecule has 1 aliphatic rings. The summed E-state index contributed by atoms with van der Waals surface area (Å²) in [5, 5.41) is 4.18. The molecule has 0 atom stereocenters. The summed E-state index contributed by atoms with van der Waals surface area (Å²) in [6, 6.07) is 7.99. The highest BCUT2D eigenvalue weighted by Crippen LogP contribution is 2.24. The summed E-state index contributed by atoms with van der Waals surface area (Å²) in [7, 11) is 0. The van der Waals surface area contributed by atoms with Gasteiger partial charge >= 0.3 is 0 Å². The van der Waals surface area contributed by atoms with Gasteiger partial charge in [0.2, 0.25) is 0 Å². The summed E-state index contributed by atoms with van der Waals surface area (Å²) in [5.41, 5.74) is 2.48. The summed E-state index contributed by atoms with van der Waals surface area (Å²) in [6.07, 6.45) is 3.36. The van der Waals surface area contributed by atoms with E-state index in [1.54, 1.807) is 0 Å². The molecule has 68 valence electrons. The van der Waals surface area contributed by atoms with Crippen LogP contribution in [0, 0.1) is 0 Å². The number of nitrogens with one attached hydrogen (secondary N) is 1. The zero-order valence-electron chi connectivity index (χ0n) is 7.39. The van der Waals surface area contributed by atoms with Gasteiger partial charge < -0.3 is 5.32 Å². The Morgan fingerprint density at radius 2 is 2.08 bits per heavy atom. The third-order valence-electron chi connectivity index (χ3n) is 2.25. The van der Waals surface area contributed by atoms with Gasteiger partial charge in [0.15, 0.2) is 0 Å². The average molecular weight is 194 g/mol. The van der Waals surface area contributed by atoms with Crippen LogP contribution in [0.1, 0.15) is 12.0 Å². The maximum absolute atomic E-state index is 6.09. The summed E-state index contributed by atoms with van der Waals surface area (Å²) in [5.74, 6) is 0. The maximum Gasteiger partial charge on any atom is 0.0481 e. The molecule has 1 nitrogen and oxygen atoms in total. The highest BCUT2D eigenvalue weighted by Gasteiger charge is 2.07. The monoisotopic (exact) mass is 193 g/mol. The van der Waals surface area contributed by atoms with E-state index < -0.39 is 0 Å². The van der Waals surface area contributed by atoms with Crippen molar-refractivity contribution in [1.82, 2.24) is 5.32 Å². The van der Waals surface area contributed by atoms with Crippen molar-refractivity contribution in [3.8, 4) is 0 Å². The van der Waals surface area contributed by atoms with Crippen LogP contribution < -0.4 is 5.32 Å². The average Bonchev–Trinajstić information content (AvgIpc) is 2.20. The normalized spacial score (nSPS) is 16.8. The summed E-state index contributed by atoms with van der Waals surface area (Å²) in [4.78, 5) is 0. The van der Waals surface area contributed by atoms with Gasteiger partial charge in [-0.15, -0.1) is 0 Å². The molecule has 2 heteroatoms. The molecule has 0 aromatic heterocycles. The third kappa shape index (κ3) is 1.93. The molecule has 0 bridgehead atoms. The Hall–Kier alpha value is -0.790. The van der Waals surface area contributed by atoms with Crippen LogP contribution in [0.15, 0.2) is 30.3 Å². The quantitative estimate of drug-likeness (QED) is 0.723. The van der Waals surface area contributed by atoms with Gasteiger partial charge in [0.1, 0.15) is 0 Å². The van der Waals surface area contributed by atoms with Crippen molar-refractivity contribution in [3.05, 3.63) is 40.9 Å². The zero-order valence-corrected chi connectivity index (χ0v) is 8.14. The molecule has 0 saturated carbocycles. The first kappa shape index (κ1) is 8.79. The number of rotatable bonds is 1. The van der Waals surface area contributed by atoms with E-state index >= 15 is 0 Å². The minimum Gasteiger partial charge on any atom is -0.312 e. The number of benzene rings is 1. The highest BCUT2D eigenvalue weighted by atomic mass is 35.5. The molecule has 0 aliphatic carbocycles. The molecular weight excluding hydrogens is 182 g/mol. The topological polar surface area (TPSA) is 12.0 Å². The second-order valence-corrected chi connectivity index (χ2v) is 3.58. The van der Waals surface area contributed by atoms with Crippen molar-refractivity contribution in [2.75, 3.05) is 13.1 Å². The lowest BCUT2D eigenvalue weighted by Gasteiger charge is -2.15. The third-order valence-corrected chi connectivity index (χ3v) is 2.58. The van der Waals surface area contributed by atoms with Crippen LogP contribution in [0.5, 0.6) is 0 Å². The minimum atomic E-state index is 0.845. The van der Waals surface area contributed by atoms with E-state index in [1.165, 1.54) is 5.57 Å². The van der Waals surface area contributed by atoms with E-state index in [4.69, 9.17) is 11.6 Å². The second-order valence-electron chi connectivity index (χ2n) is 3.17.